The van der Waals surface area contributed by atoms with Gasteiger partial charge in [-0.3, -0.25) is 4.79 Å². The molecule has 1 aromatic rings. The van der Waals surface area contributed by atoms with Gasteiger partial charge in [0.25, 0.3) is 0 Å². The van der Waals surface area contributed by atoms with Gasteiger partial charge in [0.1, 0.15) is 5.75 Å². The molecule has 1 rings (SSSR count). The van der Waals surface area contributed by atoms with Crippen molar-refractivity contribution in [2.45, 2.75) is 20.3 Å². The lowest BCUT2D eigenvalue weighted by molar-refractivity contribution is 0.0967. The summed E-state index contributed by atoms with van der Waals surface area (Å²) in [7, 11) is 1.59. The van der Waals surface area contributed by atoms with Crippen LogP contribution in [0.15, 0.2) is 22.7 Å². The normalized spacial score (nSPS) is 10.5. The first kappa shape index (κ1) is 12.2. The highest BCUT2D eigenvalue weighted by atomic mass is 79.9. The highest BCUT2D eigenvalue weighted by molar-refractivity contribution is 9.10. The van der Waals surface area contributed by atoms with Crippen LogP contribution in [-0.4, -0.2) is 12.9 Å². The predicted molar refractivity (Wildman–Crippen MR) is 64.5 cm³/mol. The maximum atomic E-state index is 11.8. The number of ketones is 1. The molecule has 1 aromatic carbocycles. The Morgan fingerprint density at radius 3 is 2.67 bits per heavy atom. The number of halogens is 1. The second-order valence-corrected chi connectivity index (χ2v) is 4.72. The zero-order valence-corrected chi connectivity index (χ0v) is 10.8. The van der Waals surface area contributed by atoms with E-state index in [1.807, 2.05) is 26.0 Å². The third-order valence-electron chi connectivity index (χ3n) is 2.07. The van der Waals surface area contributed by atoms with E-state index in [0.29, 0.717) is 23.7 Å². The van der Waals surface area contributed by atoms with Crippen molar-refractivity contribution in [3.63, 3.8) is 0 Å². The molecule has 0 radical (unpaired) electrons. The average Bonchev–Trinajstić information content (AvgIpc) is 2.17. The molecule has 15 heavy (non-hydrogen) atoms. The lowest BCUT2D eigenvalue weighted by atomic mass is 10.0. The minimum absolute atomic E-state index is 0.163. The fraction of sp³-hybridized carbons (Fsp3) is 0.417. The fourth-order valence-corrected chi connectivity index (χ4v) is 1.73. The Morgan fingerprint density at radius 2 is 2.13 bits per heavy atom. The maximum absolute atomic E-state index is 11.8. The molecule has 0 heterocycles. The lowest BCUT2D eigenvalue weighted by Gasteiger charge is -2.07. The Labute approximate surface area is 98.8 Å². The van der Waals surface area contributed by atoms with Crippen molar-refractivity contribution in [2.24, 2.45) is 5.92 Å². The Kier molecular flexibility index (Phi) is 4.33. The Hall–Kier alpha value is -0.830. The van der Waals surface area contributed by atoms with Crippen LogP contribution in [-0.2, 0) is 0 Å². The lowest BCUT2D eigenvalue weighted by Crippen LogP contribution is -2.03. The van der Waals surface area contributed by atoms with E-state index in [-0.39, 0.29) is 5.78 Å². The number of rotatable bonds is 4. The molecule has 0 aliphatic carbocycles. The summed E-state index contributed by atoms with van der Waals surface area (Å²) in [6.07, 6.45) is 0.574. The van der Waals surface area contributed by atoms with E-state index in [9.17, 15) is 4.79 Å². The first-order valence-corrected chi connectivity index (χ1v) is 5.70. The van der Waals surface area contributed by atoms with Crippen molar-refractivity contribution in [3.05, 3.63) is 28.2 Å². The van der Waals surface area contributed by atoms with Gasteiger partial charge in [-0.15, -0.1) is 0 Å². The average molecular weight is 271 g/mol. The molecule has 0 N–H and O–H groups in total. The summed E-state index contributed by atoms with van der Waals surface area (Å²) in [5.74, 6) is 1.24. The van der Waals surface area contributed by atoms with Gasteiger partial charge in [-0.1, -0.05) is 19.9 Å². The molecular weight excluding hydrogens is 256 g/mol. The first-order chi connectivity index (χ1) is 7.04. The molecule has 0 bridgehead atoms. The quantitative estimate of drug-likeness (QED) is 0.781. The topological polar surface area (TPSA) is 26.3 Å². The predicted octanol–water partition coefficient (Wildman–Crippen LogP) is 3.69. The second-order valence-electron chi connectivity index (χ2n) is 3.87. The number of methoxy groups -OCH3 is 1. The van der Waals surface area contributed by atoms with Gasteiger partial charge in [0, 0.05) is 12.0 Å². The van der Waals surface area contributed by atoms with Crippen LogP contribution in [0.4, 0.5) is 0 Å². The van der Waals surface area contributed by atoms with E-state index in [1.54, 1.807) is 13.2 Å². The fourth-order valence-electron chi connectivity index (χ4n) is 1.32. The summed E-state index contributed by atoms with van der Waals surface area (Å²) in [6.45, 7) is 4.07. The summed E-state index contributed by atoms with van der Waals surface area (Å²) in [4.78, 5) is 11.8. The van der Waals surface area contributed by atoms with Crippen molar-refractivity contribution >= 4 is 21.7 Å². The van der Waals surface area contributed by atoms with E-state index >= 15 is 0 Å². The van der Waals surface area contributed by atoms with Crippen LogP contribution >= 0.6 is 15.9 Å². The summed E-state index contributed by atoms with van der Waals surface area (Å²) in [5, 5.41) is 0. The van der Waals surface area contributed by atoms with Gasteiger partial charge in [-0.05, 0) is 34.0 Å². The van der Waals surface area contributed by atoms with Crippen molar-refractivity contribution in [2.75, 3.05) is 7.11 Å². The van der Waals surface area contributed by atoms with Gasteiger partial charge in [-0.25, -0.2) is 0 Å². The van der Waals surface area contributed by atoms with Gasteiger partial charge in [-0.2, -0.15) is 0 Å². The van der Waals surface area contributed by atoms with E-state index < -0.39 is 0 Å². The molecule has 2 nitrogen and oxygen atoms in total. The molecule has 82 valence electrons. The number of carbonyl (C=O) groups is 1. The number of benzene rings is 1. The van der Waals surface area contributed by atoms with Gasteiger partial charge >= 0.3 is 0 Å². The van der Waals surface area contributed by atoms with E-state index in [1.165, 1.54) is 0 Å². The van der Waals surface area contributed by atoms with Crippen molar-refractivity contribution in [1.82, 2.24) is 0 Å². The number of hydrogen-bond acceptors (Lipinski definition) is 2. The summed E-state index contributed by atoms with van der Waals surface area (Å²) in [6, 6.07) is 5.43. The molecule has 3 heteroatoms. The van der Waals surface area contributed by atoms with Crippen LogP contribution < -0.4 is 4.74 Å². The van der Waals surface area contributed by atoms with Crippen LogP contribution in [0.25, 0.3) is 0 Å². The smallest absolute Gasteiger partial charge is 0.163 e. The highest BCUT2D eigenvalue weighted by Gasteiger charge is 2.10. The number of Topliss-reactive ketones (excluding diaryl/α,β-unsaturated/α-hetero) is 1. The standard InChI is InChI=1S/C12H15BrO2/c1-8(2)6-11(14)9-4-5-10(13)12(7-9)15-3/h4-5,7-8H,6H2,1-3H3. The van der Waals surface area contributed by atoms with Crippen molar-refractivity contribution in [3.8, 4) is 5.75 Å². The van der Waals surface area contributed by atoms with E-state index in [4.69, 9.17) is 4.74 Å². The molecule has 0 aliphatic rings. The first-order valence-electron chi connectivity index (χ1n) is 4.91. The van der Waals surface area contributed by atoms with Crippen molar-refractivity contribution < 1.29 is 9.53 Å². The van der Waals surface area contributed by atoms with Gasteiger partial charge in [0.2, 0.25) is 0 Å². The maximum Gasteiger partial charge on any atom is 0.163 e. The molecule has 0 fully saturated rings. The highest BCUT2D eigenvalue weighted by Crippen LogP contribution is 2.26. The molecule has 0 aromatic heterocycles. The van der Waals surface area contributed by atoms with Crippen LogP contribution in [0.2, 0.25) is 0 Å². The van der Waals surface area contributed by atoms with Gasteiger partial charge in [0.05, 0.1) is 11.6 Å². The van der Waals surface area contributed by atoms with Crippen LogP contribution in [0.3, 0.4) is 0 Å². The monoisotopic (exact) mass is 270 g/mol. The van der Waals surface area contributed by atoms with Crippen LogP contribution in [0.5, 0.6) is 5.75 Å². The third-order valence-corrected chi connectivity index (χ3v) is 2.72. The summed E-state index contributed by atoms with van der Waals surface area (Å²) < 4.78 is 6.01. The molecule has 0 unspecified atom stereocenters. The molecule has 0 amide bonds. The Bertz CT molecular complexity index is 359. The Morgan fingerprint density at radius 1 is 1.47 bits per heavy atom. The van der Waals surface area contributed by atoms with Crippen LogP contribution in [0, 0.1) is 5.92 Å². The third kappa shape index (κ3) is 3.34. The van der Waals surface area contributed by atoms with E-state index in [2.05, 4.69) is 15.9 Å². The minimum atomic E-state index is 0.163. The van der Waals surface area contributed by atoms with Gasteiger partial charge in [0.15, 0.2) is 5.78 Å². The molecule has 0 aliphatic heterocycles. The zero-order valence-electron chi connectivity index (χ0n) is 9.21. The second kappa shape index (κ2) is 5.31. The Balaban J connectivity index is 2.91. The molecule has 0 saturated heterocycles. The van der Waals surface area contributed by atoms with Crippen molar-refractivity contribution in [1.29, 1.82) is 0 Å². The zero-order chi connectivity index (χ0) is 11.4. The largest absolute Gasteiger partial charge is 0.496 e. The van der Waals surface area contributed by atoms with Gasteiger partial charge < -0.3 is 4.74 Å². The molecule has 0 atom stereocenters. The number of ether oxygens (including phenoxy) is 1. The molecule has 0 spiro atoms. The SMILES string of the molecule is COc1cc(C(=O)CC(C)C)ccc1Br. The van der Waals surface area contributed by atoms with E-state index in [0.717, 1.165) is 4.47 Å². The molecular formula is C12H15BrO2. The minimum Gasteiger partial charge on any atom is -0.496 e. The van der Waals surface area contributed by atoms with Crippen LogP contribution in [0.1, 0.15) is 30.6 Å². The number of hydrogen-bond donors (Lipinski definition) is 0. The summed E-state index contributed by atoms with van der Waals surface area (Å²) >= 11 is 3.35. The molecule has 0 saturated carbocycles. The number of carbonyl (C=O) groups excluding carboxylic acids is 1. The summed E-state index contributed by atoms with van der Waals surface area (Å²) in [5.41, 5.74) is 0.712.